The Kier molecular flexibility index (Phi) is 5.46. The van der Waals surface area contributed by atoms with Crippen molar-refractivity contribution in [1.29, 1.82) is 0 Å². The predicted octanol–water partition coefficient (Wildman–Crippen LogP) is 2.42. The minimum absolute atomic E-state index is 0.163. The molecule has 0 fully saturated rings. The number of carbonyl (C=O) groups is 2. The Morgan fingerprint density at radius 2 is 1.78 bits per heavy atom. The van der Waals surface area contributed by atoms with Crippen molar-refractivity contribution in [2.24, 2.45) is 5.10 Å². The summed E-state index contributed by atoms with van der Waals surface area (Å²) in [6, 6.07) is 13.9. The van der Waals surface area contributed by atoms with Crippen LogP contribution in [0.5, 0.6) is 5.75 Å². The number of rotatable bonds is 5. The lowest BCUT2D eigenvalue weighted by Gasteiger charge is -2.04. The molecule has 2 amide bonds. The second kappa shape index (κ2) is 7.74. The molecule has 118 valence electrons. The number of amides is 2. The van der Waals surface area contributed by atoms with Crippen LogP contribution in [0.25, 0.3) is 0 Å². The molecule has 0 radical (unpaired) electrons. The van der Waals surface area contributed by atoms with Crippen LogP contribution in [-0.4, -0.2) is 25.1 Å². The summed E-state index contributed by atoms with van der Waals surface area (Å²) in [5, 5.41) is 6.56. The Hall–Kier alpha value is -3.15. The van der Waals surface area contributed by atoms with Crippen LogP contribution in [-0.2, 0) is 4.79 Å². The minimum Gasteiger partial charge on any atom is -0.496 e. The maximum atomic E-state index is 12.0. The second-order valence-corrected chi connectivity index (χ2v) is 4.70. The first kappa shape index (κ1) is 16.2. The number of hydrogen-bond acceptors (Lipinski definition) is 4. The zero-order chi connectivity index (χ0) is 16.7. The highest BCUT2D eigenvalue weighted by molar-refractivity contribution is 5.96. The van der Waals surface area contributed by atoms with Crippen LogP contribution >= 0.6 is 0 Å². The molecule has 0 aliphatic rings. The summed E-state index contributed by atoms with van der Waals surface area (Å²) in [7, 11) is 1.57. The fraction of sp³-hybridized carbons (Fsp3) is 0.118. The standard InChI is InChI=1S/C17H17N3O3/c1-12(21)19-15-9-7-13(8-10-15)17(22)20-18-11-14-5-3-4-6-16(14)23-2/h3-11H,1-2H3,(H,19,21)(H,20,22)/b18-11-. The van der Waals surface area contributed by atoms with E-state index in [1.165, 1.54) is 13.1 Å². The monoisotopic (exact) mass is 311 g/mol. The third kappa shape index (κ3) is 4.67. The number of carbonyl (C=O) groups excluding carboxylic acids is 2. The SMILES string of the molecule is COc1ccccc1/C=N\NC(=O)c1ccc(NC(C)=O)cc1. The summed E-state index contributed by atoms with van der Waals surface area (Å²) in [5.41, 5.74) is 4.28. The molecule has 23 heavy (non-hydrogen) atoms. The molecule has 6 heteroatoms. The largest absolute Gasteiger partial charge is 0.496 e. The average molecular weight is 311 g/mol. The van der Waals surface area contributed by atoms with Gasteiger partial charge in [0.1, 0.15) is 5.75 Å². The number of ether oxygens (including phenoxy) is 1. The van der Waals surface area contributed by atoms with Crippen LogP contribution in [0.1, 0.15) is 22.8 Å². The topological polar surface area (TPSA) is 79.8 Å². The first-order valence-electron chi connectivity index (χ1n) is 6.94. The maximum absolute atomic E-state index is 12.0. The van der Waals surface area contributed by atoms with Gasteiger partial charge in [-0.3, -0.25) is 9.59 Å². The van der Waals surface area contributed by atoms with E-state index in [0.29, 0.717) is 17.0 Å². The Bertz CT molecular complexity index is 724. The molecule has 2 N–H and O–H groups in total. The fourth-order valence-corrected chi connectivity index (χ4v) is 1.91. The molecule has 6 nitrogen and oxygen atoms in total. The molecule has 0 bridgehead atoms. The van der Waals surface area contributed by atoms with E-state index in [4.69, 9.17) is 4.74 Å². The van der Waals surface area contributed by atoms with E-state index in [0.717, 1.165) is 5.56 Å². The Morgan fingerprint density at radius 1 is 1.09 bits per heavy atom. The highest BCUT2D eigenvalue weighted by Gasteiger charge is 2.04. The van der Waals surface area contributed by atoms with Crippen molar-refractivity contribution in [3.05, 3.63) is 59.7 Å². The molecule has 0 atom stereocenters. The number of hydrazone groups is 1. The lowest BCUT2D eigenvalue weighted by molar-refractivity contribution is -0.114. The van der Waals surface area contributed by atoms with E-state index in [-0.39, 0.29) is 11.8 Å². The van der Waals surface area contributed by atoms with Crippen molar-refractivity contribution in [3.63, 3.8) is 0 Å². The summed E-state index contributed by atoms with van der Waals surface area (Å²) in [6.07, 6.45) is 1.52. The van der Waals surface area contributed by atoms with Crippen LogP contribution in [0.2, 0.25) is 0 Å². The quantitative estimate of drug-likeness (QED) is 0.657. The van der Waals surface area contributed by atoms with E-state index in [9.17, 15) is 9.59 Å². The van der Waals surface area contributed by atoms with Gasteiger partial charge < -0.3 is 10.1 Å². The van der Waals surface area contributed by atoms with Gasteiger partial charge in [0.2, 0.25) is 5.91 Å². The average Bonchev–Trinajstić information content (AvgIpc) is 2.55. The summed E-state index contributed by atoms with van der Waals surface area (Å²) < 4.78 is 5.19. The van der Waals surface area contributed by atoms with E-state index in [2.05, 4.69) is 15.8 Å². The van der Waals surface area contributed by atoms with Crippen molar-refractivity contribution in [2.45, 2.75) is 6.92 Å². The normalized spacial score (nSPS) is 10.3. The van der Waals surface area contributed by atoms with E-state index in [1.807, 2.05) is 24.3 Å². The molecule has 0 aromatic heterocycles. The van der Waals surface area contributed by atoms with Crippen LogP contribution in [0, 0.1) is 0 Å². The molecule has 2 aromatic rings. The number of benzene rings is 2. The highest BCUT2D eigenvalue weighted by Crippen LogP contribution is 2.14. The van der Waals surface area contributed by atoms with E-state index >= 15 is 0 Å². The number of para-hydroxylation sites is 1. The molecule has 2 aromatic carbocycles. The number of methoxy groups -OCH3 is 1. The Balaban J connectivity index is 1.99. The number of hydrogen-bond donors (Lipinski definition) is 2. The van der Waals surface area contributed by atoms with E-state index < -0.39 is 0 Å². The number of nitrogens with one attached hydrogen (secondary N) is 2. The Morgan fingerprint density at radius 3 is 2.43 bits per heavy atom. The highest BCUT2D eigenvalue weighted by atomic mass is 16.5. The zero-order valence-corrected chi connectivity index (χ0v) is 12.9. The second-order valence-electron chi connectivity index (χ2n) is 4.70. The lowest BCUT2D eigenvalue weighted by atomic mass is 10.2. The van der Waals surface area contributed by atoms with Gasteiger partial charge in [0.25, 0.3) is 5.91 Å². The summed E-state index contributed by atoms with van der Waals surface area (Å²) >= 11 is 0. The first-order chi connectivity index (χ1) is 11.1. The van der Waals surface area contributed by atoms with Gasteiger partial charge >= 0.3 is 0 Å². The van der Waals surface area contributed by atoms with Crippen LogP contribution in [0.15, 0.2) is 53.6 Å². The van der Waals surface area contributed by atoms with Gasteiger partial charge in [-0.25, -0.2) is 5.43 Å². The van der Waals surface area contributed by atoms with Crippen molar-refractivity contribution in [1.82, 2.24) is 5.43 Å². The van der Waals surface area contributed by atoms with Crippen LogP contribution in [0.4, 0.5) is 5.69 Å². The van der Waals surface area contributed by atoms with Gasteiger partial charge in [-0.2, -0.15) is 5.10 Å². The smallest absolute Gasteiger partial charge is 0.271 e. The molecule has 0 saturated carbocycles. The third-order valence-corrected chi connectivity index (χ3v) is 2.98. The number of anilines is 1. The molecule has 0 aliphatic carbocycles. The summed E-state index contributed by atoms with van der Waals surface area (Å²) in [4.78, 5) is 22.9. The van der Waals surface area contributed by atoms with Gasteiger partial charge in [0.05, 0.1) is 13.3 Å². The molecular weight excluding hydrogens is 294 g/mol. The van der Waals surface area contributed by atoms with Gasteiger partial charge in [0.15, 0.2) is 0 Å². The van der Waals surface area contributed by atoms with Crippen LogP contribution in [0.3, 0.4) is 0 Å². The molecule has 0 saturated heterocycles. The molecule has 2 rings (SSSR count). The zero-order valence-electron chi connectivity index (χ0n) is 12.9. The summed E-state index contributed by atoms with van der Waals surface area (Å²) in [6.45, 7) is 1.42. The lowest BCUT2D eigenvalue weighted by Crippen LogP contribution is -2.17. The van der Waals surface area contributed by atoms with Gasteiger partial charge in [-0.05, 0) is 36.4 Å². The third-order valence-electron chi connectivity index (χ3n) is 2.98. The maximum Gasteiger partial charge on any atom is 0.271 e. The molecule has 0 aliphatic heterocycles. The van der Waals surface area contributed by atoms with Crippen LogP contribution < -0.4 is 15.5 Å². The Labute approximate surface area is 134 Å². The molecule has 0 heterocycles. The van der Waals surface area contributed by atoms with Gasteiger partial charge in [-0.1, -0.05) is 12.1 Å². The van der Waals surface area contributed by atoms with Crippen molar-refractivity contribution in [2.75, 3.05) is 12.4 Å². The summed E-state index contributed by atoms with van der Waals surface area (Å²) in [5.74, 6) is 0.166. The van der Waals surface area contributed by atoms with Gasteiger partial charge in [0, 0.05) is 23.7 Å². The fourth-order valence-electron chi connectivity index (χ4n) is 1.91. The van der Waals surface area contributed by atoms with E-state index in [1.54, 1.807) is 31.4 Å². The van der Waals surface area contributed by atoms with Gasteiger partial charge in [-0.15, -0.1) is 0 Å². The first-order valence-corrected chi connectivity index (χ1v) is 6.94. The van der Waals surface area contributed by atoms with Crippen molar-refractivity contribution >= 4 is 23.7 Å². The van der Waals surface area contributed by atoms with Crippen molar-refractivity contribution < 1.29 is 14.3 Å². The minimum atomic E-state index is -0.342. The number of nitrogens with zero attached hydrogens (tertiary/aromatic N) is 1. The van der Waals surface area contributed by atoms with Crippen molar-refractivity contribution in [3.8, 4) is 5.75 Å². The molecule has 0 spiro atoms. The molecular formula is C17H17N3O3. The predicted molar refractivity (Wildman–Crippen MR) is 88.8 cm³/mol. The molecule has 0 unspecified atom stereocenters.